The molecule has 0 saturated heterocycles. The number of hydrogen-bond acceptors (Lipinski definition) is 6. The van der Waals surface area contributed by atoms with Crippen LogP contribution in [0, 0.1) is 0 Å². The van der Waals surface area contributed by atoms with Gasteiger partial charge in [0, 0.05) is 30.4 Å². The van der Waals surface area contributed by atoms with Gasteiger partial charge >= 0.3 is 5.97 Å². The summed E-state index contributed by atoms with van der Waals surface area (Å²) in [7, 11) is 0. The molecular weight excluding hydrogens is 332 g/mol. The van der Waals surface area contributed by atoms with Gasteiger partial charge in [-0.1, -0.05) is 30.3 Å². The van der Waals surface area contributed by atoms with E-state index in [4.69, 9.17) is 9.47 Å². The number of nitrogens with zero attached hydrogens (tertiary/aromatic N) is 2. The molecule has 0 fully saturated rings. The van der Waals surface area contributed by atoms with Crippen molar-refractivity contribution < 1.29 is 19.4 Å². The van der Waals surface area contributed by atoms with E-state index in [1.54, 1.807) is 42.9 Å². The molecule has 0 aliphatic carbocycles. The third-order valence-electron chi connectivity index (χ3n) is 3.67. The largest absolute Gasteiger partial charge is 0.457 e. The van der Waals surface area contributed by atoms with Crippen LogP contribution in [0.25, 0.3) is 0 Å². The second kappa shape index (κ2) is 8.84. The van der Waals surface area contributed by atoms with Gasteiger partial charge in [0.05, 0.1) is 12.2 Å². The van der Waals surface area contributed by atoms with E-state index in [2.05, 4.69) is 9.97 Å². The zero-order chi connectivity index (χ0) is 18.2. The molecule has 0 bridgehead atoms. The fraction of sp³-hybridized carbons (Fsp3) is 0.150. The average Bonchev–Trinajstić information content (AvgIpc) is 2.72. The molecule has 0 spiro atoms. The predicted molar refractivity (Wildman–Crippen MR) is 93.8 cm³/mol. The highest BCUT2D eigenvalue weighted by atomic mass is 16.6. The fourth-order valence-corrected chi connectivity index (χ4v) is 2.24. The molecule has 3 aromatic rings. The lowest BCUT2D eigenvalue weighted by Gasteiger charge is -2.12. The molecule has 0 radical (unpaired) electrons. The summed E-state index contributed by atoms with van der Waals surface area (Å²) in [5.74, 6) is -0.412. The van der Waals surface area contributed by atoms with Gasteiger partial charge < -0.3 is 14.6 Å². The summed E-state index contributed by atoms with van der Waals surface area (Å²) in [6.45, 7) is 0.430. The van der Waals surface area contributed by atoms with E-state index in [9.17, 15) is 9.90 Å². The summed E-state index contributed by atoms with van der Waals surface area (Å²) in [6.07, 6.45) is 5.24. The van der Waals surface area contributed by atoms with E-state index in [1.807, 2.05) is 24.3 Å². The maximum absolute atomic E-state index is 11.9. The molecule has 26 heavy (non-hydrogen) atoms. The van der Waals surface area contributed by atoms with Crippen LogP contribution in [-0.2, 0) is 22.7 Å². The number of benzene rings is 1. The molecule has 0 amide bonds. The van der Waals surface area contributed by atoms with Gasteiger partial charge in [-0.15, -0.1) is 0 Å². The molecule has 1 aromatic carbocycles. The number of hydrogen-bond donors (Lipinski definition) is 1. The number of aliphatic hydroxyl groups excluding tert-OH is 1. The minimum atomic E-state index is -1.02. The summed E-state index contributed by atoms with van der Waals surface area (Å²) in [5, 5.41) is 9.97. The van der Waals surface area contributed by atoms with E-state index in [1.165, 1.54) is 6.20 Å². The van der Waals surface area contributed by atoms with Crippen LogP contribution < -0.4 is 0 Å². The first kappa shape index (κ1) is 17.7. The maximum Gasteiger partial charge on any atom is 0.340 e. The van der Waals surface area contributed by atoms with E-state index in [0.717, 1.165) is 11.1 Å². The maximum atomic E-state index is 11.9. The Labute approximate surface area is 151 Å². The molecular formula is C20H18N2O4. The normalized spacial score (nSPS) is 11.7. The van der Waals surface area contributed by atoms with Crippen LogP contribution in [-0.4, -0.2) is 21.0 Å². The lowest BCUT2D eigenvalue weighted by Crippen LogP contribution is -2.06. The van der Waals surface area contributed by atoms with Gasteiger partial charge in [0.25, 0.3) is 0 Å². The van der Waals surface area contributed by atoms with Gasteiger partial charge in [-0.3, -0.25) is 9.97 Å². The molecule has 0 saturated carbocycles. The van der Waals surface area contributed by atoms with Gasteiger partial charge in [0.2, 0.25) is 0 Å². The number of carbonyl (C=O) groups excluding carboxylic acids is 1. The number of pyridine rings is 2. The smallest absolute Gasteiger partial charge is 0.340 e. The molecule has 132 valence electrons. The Morgan fingerprint density at radius 3 is 2.19 bits per heavy atom. The molecule has 0 aliphatic rings. The Bertz CT molecular complexity index is 823. The Morgan fingerprint density at radius 2 is 1.58 bits per heavy atom. The van der Waals surface area contributed by atoms with E-state index >= 15 is 0 Å². The van der Waals surface area contributed by atoms with Gasteiger partial charge in [-0.2, -0.15) is 0 Å². The van der Waals surface area contributed by atoms with Crippen molar-refractivity contribution in [2.24, 2.45) is 0 Å². The predicted octanol–water partition coefficient (Wildman–Crippen LogP) is 3.04. The first-order valence-corrected chi connectivity index (χ1v) is 8.07. The standard InChI is InChI=1S/C20H18N2O4/c23-19(17-3-1-9-21-11-17)25-13-15-5-7-16(8-6-15)14-26-20(24)18-4-2-10-22-12-18/h1-12,19,23H,13-14H2. The van der Waals surface area contributed by atoms with Gasteiger partial charge in [-0.05, 0) is 29.3 Å². The fourth-order valence-electron chi connectivity index (χ4n) is 2.24. The van der Waals surface area contributed by atoms with Crippen molar-refractivity contribution in [1.29, 1.82) is 0 Å². The number of aromatic nitrogens is 2. The lowest BCUT2D eigenvalue weighted by atomic mass is 10.1. The van der Waals surface area contributed by atoms with E-state index in [0.29, 0.717) is 11.1 Å². The van der Waals surface area contributed by atoms with Crippen molar-refractivity contribution in [3.63, 3.8) is 0 Å². The molecule has 6 heteroatoms. The summed E-state index contributed by atoms with van der Waals surface area (Å²) in [4.78, 5) is 19.7. The van der Waals surface area contributed by atoms with Gasteiger partial charge in [0.1, 0.15) is 6.61 Å². The lowest BCUT2D eigenvalue weighted by molar-refractivity contribution is -0.112. The number of ether oxygens (including phenoxy) is 2. The Kier molecular flexibility index (Phi) is 6.03. The van der Waals surface area contributed by atoms with Crippen molar-refractivity contribution in [1.82, 2.24) is 9.97 Å². The third kappa shape index (κ3) is 4.95. The van der Waals surface area contributed by atoms with Crippen molar-refractivity contribution >= 4 is 5.97 Å². The van der Waals surface area contributed by atoms with Gasteiger partial charge in [-0.25, -0.2) is 4.79 Å². The Hall–Kier alpha value is -3.09. The summed E-state index contributed by atoms with van der Waals surface area (Å²) < 4.78 is 10.7. The first-order chi connectivity index (χ1) is 12.7. The zero-order valence-electron chi connectivity index (χ0n) is 14.0. The second-order valence-corrected chi connectivity index (χ2v) is 5.58. The topological polar surface area (TPSA) is 81.5 Å². The summed E-state index contributed by atoms with van der Waals surface area (Å²) >= 11 is 0. The Morgan fingerprint density at radius 1 is 0.923 bits per heavy atom. The minimum absolute atomic E-state index is 0.174. The third-order valence-corrected chi connectivity index (χ3v) is 3.67. The first-order valence-electron chi connectivity index (χ1n) is 8.07. The molecule has 1 N–H and O–H groups in total. The highest BCUT2D eigenvalue weighted by molar-refractivity contribution is 5.88. The van der Waals surface area contributed by atoms with Crippen molar-refractivity contribution in [3.8, 4) is 0 Å². The van der Waals surface area contributed by atoms with Crippen molar-refractivity contribution in [3.05, 3.63) is 95.6 Å². The molecule has 1 atom stereocenters. The quantitative estimate of drug-likeness (QED) is 0.521. The van der Waals surface area contributed by atoms with E-state index in [-0.39, 0.29) is 13.2 Å². The van der Waals surface area contributed by atoms with Crippen LogP contribution in [0.3, 0.4) is 0 Å². The Balaban J connectivity index is 1.48. The van der Waals surface area contributed by atoms with Crippen molar-refractivity contribution in [2.75, 3.05) is 0 Å². The molecule has 0 aliphatic heterocycles. The van der Waals surface area contributed by atoms with Crippen LogP contribution in [0.15, 0.2) is 73.3 Å². The number of aliphatic hydroxyl groups is 1. The number of carbonyl (C=O) groups is 1. The van der Waals surface area contributed by atoms with Crippen molar-refractivity contribution in [2.45, 2.75) is 19.5 Å². The zero-order valence-corrected chi connectivity index (χ0v) is 14.0. The van der Waals surface area contributed by atoms with Crippen LogP contribution in [0.4, 0.5) is 0 Å². The number of esters is 1. The molecule has 1 unspecified atom stereocenters. The summed E-state index contributed by atoms with van der Waals surface area (Å²) in [6, 6.07) is 14.3. The highest BCUT2D eigenvalue weighted by Gasteiger charge is 2.09. The van der Waals surface area contributed by atoms with E-state index < -0.39 is 12.3 Å². The molecule has 2 aromatic heterocycles. The average molecular weight is 350 g/mol. The SMILES string of the molecule is O=C(OCc1ccc(COC(O)c2cccnc2)cc1)c1cccnc1. The van der Waals surface area contributed by atoms with Crippen LogP contribution in [0.2, 0.25) is 0 Å². The minimum Gasteiger partial charge on any atom is -0.457 e. The molecule has 2 heterocycles. The second-order valence-electron chi connectivity index (χ2n) is 5.58. The van der Waals surface area contributed by atoms with Crippen LogP contribution >= 0.6 is 0 Å². The van der Waals surface area contributed by atoms with Crippen LogP contribution in [0.1, 0.15) is 33.3 Å². The monoisotopic (exact) mass is 350 g/mol. The van der Waals surface area contributed by atoms with Gasteiger partial charge in [0.15, 0.2) is 6.29 Å². The molecule has 6 nitrogen and oxygen atoms in total. The summed E-state index contributed by atoms with van der Waals surface area (Å²) in [5.41, 5.74) is 2.78. The molecule has 3 rings (SSSR count). The highest BCUT2D eigenvalue weighted by Crippen LogP contribution is 2.16. The number of rotatable bonds is 7. The van der Waals surface area contributed by atoms with Crippen LogP contribution in [0.5, 0.6) is 0 Å².